The van der Waals surface area contributed by atoms with Gasteiger partial charge in [-0.25, -0.2) is 4.79 Å². The number of ether oxygens (including phenoxy) is 1. The Balaban J connectivity index is 2.14. The number of rotatable bonds is 6. The molecule has 0 spiro atoms. The van der Waals surface area contributed by atoms with Crippen molar-refractivity contribution in [3.05, 3.63) is 98.6 Å². The fourth-order valence-corrected chi connectivity index (χ4v) is 4.69. The monoisotopic (exact) mass is 471 g/mol. The summed E-state index contributed by atoms with van der Waals surface area (Å²) in [6, 6.07) is 14.5. The molecule has 1 amide bonds. The minimum atomic E-state index is -0.430. The predicted molar refractivity (Wildman–Crippen MR) is 142 cm³/mol. The highest BCUT2D eigenvalue weighted by atomic mass is 16.5. The van der Waals surface area contributed by atoms with Crippen molar-refractivity contribution in [3.8, 4) is 0 Å². The number of hydrogen-bond acceptors (Lipinski definition) is 4. The highest BCUT2D eigenvalue weighted by molar-refractivity contribution is 6.31. The van der Waals surface area contributed by atoms with Gasteiger partial charge in [-0.3, -0.25) is 4.79 Å². The Morgan fingerprint density at radius 3 is 1.69 bits per heavy atom. The van der Waals surface area contributed by atoms with Crippen LogP contribution in [0.25, 0.3) is 11.3 Å². The van der Waals surface area contributed by atoms with Gasteiger partial charge in [-0.2, -0.15) is 0 Å². The average Bonchev–Trinajstić information content (AvgIpc) is 2.75. The first-order valence-corrected chi connectivity index (χ1v) is 11.7. The molecule has 0 saturated heterocycles. The third-order valence-corrected chi connectivity index (χ3v) is 5.96. The summed E-state index contributed by atoms with van der Waals surface area (Å²) in [5, 5.41) is 14.5. The number of esters is 1. The summed E-state index contributed by atoms with van der Waals surface area (Å²) in [5.74, 6) is -0.906. The molecule has 5 heteroatoms. The van der Waals surface area contributed by atoms with Crippen LogP contribution in [0.4, 0.5) is 5.69 Å². The lowest BCUT2D eigenvalue weighted by molar-refractivity contribution is -0.111. The van der Waals surface area contributed by atoms with Gasteiger partial charge in [0, 0.05) is 11.3 Å². The third-order valence-electron chi connectivity index (χ3n) is 5.96. The minimum absolute atomic E-state index is 0.0595. The fraction of sp³-hybridized carbons (Fsp3) is 0.267. The Morgan fingerprint density at radius 2 is 1.23 bits per heavy atom. The molecule has 3 rings (SSSR count). The van der Waals surface area contributed by atoms with E-state index in [1.807, 2.05) is 65.8 Å². The van der Waals surface area contributed by atoms with Gasteiger partial charge in [0.05, 0.1) is 17.7 Å². The SMILES string of the molecule is CCOC(=O)c1ccc(NC(=O)/C(=C(\O)c2c(C)cc(C)cc2C)c2c(C)cc(C)cc2C)cc1. The molecule has 0 aliphatic rings. The van der Waals surface area contributed by atoms with Crippen molar-refractivity contribution in [2.75, 3.05) is 11.9 Å². The number of hydrogen-bond donors (Lipinski definition) is 2. The first-order valence-electron chi connectivity index (χ1n) is 11.7. The van der Waals surface area contributed by atoms with Crippen LogP contribution < -0.4 is 5.32 Å². The Hall–Kier alpha value is -3.86. The van der Waals surface area contributed by atoms with Crippen molar-refractivity contribution in [1.29, 1.82) is 0 Å². The van der Waals surface area contributed by atoms with Crippen molar-refractivity contribution in [3.63, 3.8) is 0 Å². The molecule has 35 heavy (non-hydrogen) atoms. The Bertz CT molecular complexity index is 1270. The molecular formula is C30H33NO4. The van der Waals surface area contributed by atoms with E-state index in [4.69, 9.17) is 4.74 Å². The van der Waals surface area contributed by atoms with Gasteiger partial charge in [-0.1, -0.05) is 35.4 Å². The smallest absolute Gasteiger partial charge is 0.338 e. The highest BCUT2D eigenvalue weighted by Gasteiger charge is 2.24. The van der Waals surface area contributed by atoms with Crippen LogP contribution in [0.2, 0.25) is 0 Å². The van der Waals surface area contributed by atoms with Gasteiger partial charge in [0.1, 0.15) is 5.76 Å². The first-order chi connectivity index (χ1) is 16.5. The molecule has 5 nitrogen and oxygen atoms in total. The van der Waals surface area contributed by atoms with Crippen LogP contribution >= 0.6 is 0 Å². The van der Waals surface area contributed by atoms with Crippen LogP contribution in [0, 0.1) is 41.5 Å². The van der Waals surface area contributed by atoms with E-state index in [1.54, 1.807) is 31.2 Å². The normalized spacial score (nSPS) is 11.6. The molecule has 3 aromatic rings. The number of benzene rings is 3. The molecule has 0 bridgehead atoms. The van der Waals surface area contributed by atoms with Gasteiger partial charge in [-0.05, 0) is 101 Å². The molecular weight excluding hydrogens is 438 g/mol. The van der Waals surface area contributed by atoms with Crippen molar-refractivity contribution in [1.82, 2.24) is 0 Å². The van der Waals surface area contributed by atoms with Crippen LogP contribution in [0.1, 0.15) is 61.8 Å². The number of amides is 1. The van der Waals surface area contributed by atoms with Crippen LogP contribution in [0.5, 0.6) is 0 Å². The van der Waals surface area contributed by atoms with Crippen molar-refractivity contribution >= 4 is 28.9 Å². The molecule has 0 fully saturated rings. The number of nitrogens with one attached hydrogen (secondary N) is 1. The van der Waals surface area contributed by atoms with Gasteiger partial charge in [0.2, 0.25) is 0 Å². The zero-order chi connectivity index (χ0) is 25.9. The molecule has 0 radical (unpaired) electrons. The zero-order valence-corrected chi connectivity index (χ0v) is 21.5. The lowest BCUT2D eigenvalue weighted by atomic mass is 9.88. The van der Waals surface area contributed by atoms with E-state index < -0.39 is 11.9 Å². The number of anilines is 1. The second kappa shape index (κ2) is 10.6. The van der Waals surface area contributed by atoms with E-state index in [1.165, 1.54) is 0 Å². The van der Waals surface area contributed by atoms with Crippen molar-refractivity contribution in [2.45, 2.75) is 48.5 Å². The van der Waals surface area contributed by atoms with E-state index in [-0.39, 0.29) is 17.9 Å². The molecule has 3 aromatic carbocycles. The summed E-state index contributed by atoms with van der Waals surface area (Å²) < 4.78 is 5.03. The van der Waals surface area contributed by atoms with E-state index in [0.717, 1.165) is 33.4 Å². The highest BCUT2D eigenvalue weighted by Crippen LogP contribution is 2.34. The van der Waals surface area contributed by atoms with E-state index >= 15 is 0 Å². The van der Waals surface area contributed by atoms with Crippen molar-refractivity contribution < 1.29 is 19.4 Å². The summed E-state index contributed by atoms with van der Waals surface area (Å²) in [6.45, 7) is 13.8. The minimum Gasteiger partial charge on any atom is -0.506 e. The predicted octanol–water partition coefficient (Wildman–Crippen LogP) is 6.78. The number of aliphatic hydroxyl groups is 1. The lowest BCUT2D eigenvalue weighted by Crippen LogP contribution is -2.17. The van der Waals surface area contributed by atoms with Gasteiger partial charge in [-0.15, -0.1) is 0 Å². The van der Waals surface area contributed by atoms with E-state index in [9.17, 15) is 14.7 Å². The maximum Gasteiger partial charge on any atom is 0.338 e. The molecule has 0 heterocycles. The Labute approximate surface area is 207 Å². The summed E-state index contributed by atoms with van der Waals surface area (Å²) >= 11 is 0. The number of carbonyl (C=O) groups is 2. The molecule has 0 aromatic heterocycles. The molecule has 0 aliphatic heterocycles. The summed E-state index contributed by atoms with van der Waals surface area (Å²) in [7, 11) is 0. The molecule has 0 saturated carbocycles. The number of aryl methyl sites for hydroxylation is 6. The van der Waals surface area contributed by atoms with Crippen LogP contribution in [0.3, 0.4) is 0 Å². The average molecular weight is 472 g/mol. The lowest BCUT2D eigenvalue weighted by Gasteiger charge is -2.19. The van der Waals surface area contributed by atoms with Gasteiger partial charge in [0.15, 0.2) is 0 Å². The molecule has 182 valence electrons. The van der Waals surface area contributed by atoms with Crippen LogP contribution in [-0.4, -0.2) is 23.6 Å². The second-order valence-corrected chi connectivity index (χ2v) is 9.02. The second-order valence-electron chi connectivity index (χ2n) is 9.02. The van der Waals surface area contributed by atoms with Gasteiger partial charge >= 0.3 is 5.97 Å². The third kappa shape index (κ3) is 5.62. The van der Waals surface area contributed by atoms with Crippen LogP contribution in [0.15, 0.2) is 48.5 Å². The molecule has 0 atom stereocenters. The zero-order valence-electron chi connectivity index (χ0n) is 21.5. The quantitative estimate of drug-likeness (QED) is 0.180. The summed E-state index contributed by atoms with van der Waals surface area (Å²) in [6.07, 6.45) is 0. The Morgan fingerprint density at radius 1 is 0.771 bits per heavy atom. The molecule has 0 aliphatic carbocycles. The molecule has 2 N–H and O–H groups in total. The van der Waals surface area contributed by atoms with Gasteiger partial charge < -0.3 is 15.2 Å². The fourth-order valence-electron chi connectivity index (χ4n) is 4.69. The largest absolute Gasteiger partial charge is 0.506 e. The number of aliphatic hydroxyl groups excluding tert-OH is 1. The van der Waals surface area contributed by atoms with Crippen LogP contribution in [-0.2, 0) is 9.53 Å². The van der Waals surface area contributed by atoms with E-state index in [0.29, 0.717) is 22.4 Å². The number of carbonyl (C=O) groups excluding carboxylic acids is 2. The van der Waals surface area contributed by atoms with Crippen molar-refractivity contribution in [2.24, 2.45) is 0 Å². The summed E-state index contributed by atoms with van der Waals surface area (Å²) in [5.41, 5.74) is 8.24. The topological polar surface area (TPSA) is 75.6 Å². The van der Waals surface area contributed by atoms with E-state index in [2.05, 4.69) is 5.32 Å². The first kappa shape index (κ1) is 25.8. The maximum atomic E-state index is 13.7. The molecule has 0 unspecified atom stereocenters. The summed E-state index contributed by atoms with van der Waals surface area (Å²) in [4.78, 5) is 25.7. The maximum absolute atomic E-state index is 13.7. The van der Waals surface area contributed by atoms with Gasteiger partial charge in [0.25, 0.3) is 5.91 Å². The standard InChI is InChI=1S/C30H33NO4/c1-8-35-30(34)23-9-11-24(12-10-23)31-29(33)27(25-19(4)13-17(2)14-20(25)5)28(32)26-21(6)15-18(3)16-22(26)7/h9-16,32H,8H2,1-7H3,(H,31,33)/b28-27-. The Kier molecular flexibility index (Phi) is 7.80.